The zero-order valence-corrected chi connectivity index (χ0v) is 9.38. The van der Waals surface area contributed by atoms with E-state index in [4.69, 9.17) is 4.74 Å². The molecule has 0 spiro atoms. The summed E-state index contributed by atoms with van der Waals surface area (Å²) in [7, 11) is 1.66. The Morgan fingerprint density at radius 2 is 1.79 bits per heavy atom. The van der Waals surface area contributed by atoms with Gasteiger partial charge in [-0.1, -0.05) is 26.7 Å². The number of ketones is 1. The average molecular weight is 196 g/mol. The van der Waals surface area contributed by atoms with Crippen LogP contribution in [0.5, 0.6) is 0 Å². The van der Waals surface area contributed by atoms with Gasteiger partial charge in [0.2, 0.25) is 0 Å². The summed E-state index contributed by atoms with van der Waals surface area (Å²) in [6.45, 7) is 4.28. The highest BCUT2D eigenvalue weighted by molar-refractivity contribution is 5.95. The van der Waals surface area contributed by atoms with Crippen molar-refractivity contribution in [3.8, 4) is 0 Å². The van der Waals surface area contributed by atoms with Gasteiger partial charge in [-0.15, -0.1) is 0 Å². The van der Waals surface area contributed by atoms with Crippen LogP contribution in [0.25, 0.3) is 0 Å². The molecule has 0 radical (unpaired) electrons. The Balaban J connectivity index is 2.71. The van der Waals surface area contributed by atoms with E-state index in [-0.39, 0.29) is 11.7 Å². The Labute approximate surface area is 86.3 Å². The topological polar surface area (TPSA) is 26.3 Å². The Kier molecular flexibility index (Phi) is 4.18. The Morgan fingerprint density at radius 3 is 2.29 bits per heavy atom. The molecule has 0 saturated heterocycles. The second kappa shape index (κ2) is 5.18. The Morgan fingerprint density at radius 1 is 1.21 bits per heavy atom. The Hall–Kier alpha value is -0.790. The molecule has 80 valence electrons. The molecule has 0 heterocycles. The van der Waals surface area contributed by atoms with Crippen LogP contribution in [-0.4, -0.2) is 12.9 Å². The minimum absolute atomic E-state index is 0.190. The number of rotatable bonds is 5. The zero-order valence-electron chi connectivity index (χ0n) is 9.38. The molecule has 14 heavy (non-hydrogen) atoms. The van der Waals surface area contributed by atoms with Crippen LogP contribution < -0.4 is 0 Å². The quantitative estimate of drug-likeness (QED) is 0.675. The summed E-state index contributed by atoms with van der Waals surface area (Å²) >= 11 is 0. The van der Waals surface area contributed by atoms with Crippen LogP contribution in [0.2, 0.25) is 0 Å². The van der Waals surface area contributed by atoms with E-state index >= 15 is 0 Å². The molecule has 0 aliphatic heterocycles. The molecule has 2 nitrogen and oxygen atoms in total. The molecule has 0 aromatic carbocycles. The molecule has 1 aliphatic rings. The predicted molar refractivity (Wildman–Crippen MR) is 56.9 cm³/mol. The summed E-state index contributed by atoms with van der Waals surface area (Å²) in [6.07, 6.45) is 5.93. The first-order chi connectivity index (χ1) is 6.74. The van der Waals surface area contributed by atoms with Crippen LogP contribution in [0.3, 0.4) is 0 Å². The number of hydrogen-bond donors (Lipinski definition) is 0. The van der Waals surface area contributed by atoms with Crippen molar-refractivity contribution in [3.05, 3.63) is 11.8 Å². The minimum atomic E-state index is 0.190. The lowest BCUT2D eigenvalue weighted by Gasteiger charge is -2.19. The SMILES string of the molecule is CCC[C@H]1C(=O)C=C(OC)[C@@H]1CCC. The largest absolute Gasteiger partial charge is 0.501 e. The summed E-state index contributed by atoms with van der Waals surface area (Å²) < 4.78 is 5.26. The summed E-state index contributed by atoms with van der Waals surface area (Å²) in [5.74, 6) is 1.70. The first kappa shape index (κ1) is 11.3. The lowest BCUT2D eigenvalue weighted by Crippen LogP contribution is -2.17. The Bertz CT molecular complexity index is 230. The minimum Gasteiger partial charge on any atom is -0.501 e. The van der Waals surface area contributed by atoms with Crippen molar-refractivity contribution < 1.29 is 9.53 Å². The highest BCUT2D eigenvalue weighted by Gasteiger charge is 2.35. The number of allylic oxidation sites excluding steroid dienone is 2. The summed E-state index contributed by atoms with van der Waals surface area (Å²) in [5, 5.41) is 0. The molecule has 0 aromatic rings. The van der Waals surface area contributed by atoms with Crippen LogP contribution in [0.15, 0.2) is 11.8 Å². The standard InChI is InChI=1S/C12H20O2/c1-4-6-9-10(7-5-2)12(14-3)8-11(9)13/h8-10H,4-7H2,1-3H3/t9-,10-/m1/s1. The highest BCUT2D eigenvalue weighted by atomic mass is 16.5. The fraction of sp³-hybridized carbons (Fsp3) is 0.750. The van der Waals surface area contributed by atoms with Crippen LogP contribution in [0.4, 0.5) is 0 Å². The number of carbonyl (C=O) groups is 1. The van der Waals surface area contributed by atoms with Crippen LogP contribution >= 0.6 is 0 Å². The van der Waals surface area contributed by atoms with Crippen LogP contribution in [-0.2, 0) is 9.53 Å². The maximum absolute atomic E-state index is 11.7. The monoisotopic (exact) mass is 196 g/mol. The highest BCUT2D eigenvalue weighted by Crippen LogP contribution is 2.35. The molecule has 1 rings (SSSR count). The van der Waals surface area contributed by atoms with E-state index in [1.165, 1.54) is 0 Å². The van der Waals surface area contributed by atoms with Crippen molar-refractivity contribution >= 4 is 5.78 Å². The fourth-order valence-electron chi connectivity index (χ4n) is 2.27. The third kappa shape index (κ3) is 2.17. The van der Waals surface area contributed by atoms with Gasteiger partial charge in [0.05, 0.1) is 7.11 Å². The number of methoxy groups -OCH3 is 1. The molecule has 2 atom stereocenters. The molecule has 0 fully saturated rings. The van der Waals surface area contributed by atoms with Gasteiger partial charge in [-0.25, -0.2) is 0 Å². The molecule has 0 amide bonds. The second-order valence-corrected chi connectivity index (χ2v) is 3.94. The molecule has 2 heteroatoms. The van der Waals surface area contributed by atoms with Gasteiger partial charge in [0.25, 0.3) is 0 Å². The summed E-state index contributed by atoms with van der Waals surface area (Å²) in [6, 6.07) is 0. The van der Waals surface area contributed by atoms with Gasteiger partial charge >= 0.3 is 0 Å². The molecule has 0 N–H and O–H groups in total. The van der Waals surface area contributed by atoms with Crippen molar-refractivity contribution in [2.75, 3.05) is 7.11 Å². The van der Waals surface area contributed by atoms with Crippen molar-refractivity contribution in [3.63, 3.8) is 0 Å². The third-order valence-corrected chi connectivity index (χ3v) is 2.94. The average Bonchev–Trinajstić information content (AvgIpc) is 2.47. The molecule has 0 bridgehead atoms. The van der Waals surface area contributed by atoms with E-state index in [1.54, 1.807) is 13.2 Å². The molecule has 0 aromatic heterocycles. The van der Waals surface area contributed by atoms with Crippen molar-refractivity contribution in [1.82, 2.24) is 0 Å². The van der Waals surface area contributed by atoms with E-state index in [2.05, 4.69) is 13.8 Å². The van der Waals surface area contributed by atoms with Crippen LogP contribution in [0, 0.1) is 11.8 Å². The van der Waals surface area contributed by atoms with Gasteiger partial charge in [-0.2, -0.15) is 0 Å². The molecular weight excluding hydrogens is 176 g/mol. The summed E-state index contributed by atoms with van der Waals surface area (Å²) in [4.78, 5) is 11.7. The fourth-order valence-corrected chi connectivity index (χ4v) is 2.27. The zero-order chi connectivity index (χ0) is 10.6. The van der Waals surface area contributed by atoms with E-state index < -0.39 is 0 Å². The number of ether oxygens (including phenoxy) is 1. The molecule has 0 unspecified atom stereocenters. The lowest BCUT2D eigenvalue weighted by atomic mass is 9.87. The normalized spacial score (nSPS) is 26.5. The second-order valence-electron chi connectivity index (χ2n) is 3.94. The van der Waals surface area contributed by atoms with Gasteiger partial charge in [0.15, 0.2) is 5.78 Å². The van der Waals surface area contributed by atoms with Gasteiger partial charge < -0.3 is 4.74 Å². The van der Waals surface area contributed by atoms with E-state index in [9.17, 15) is 4.79 Å². The van der Waals surface area contributed by atoms with Crippen molar-refractivity contribution in [2.45, 2.75) is 39.5 Å². The van der Waals surface area contributed by atoms with Crippen LogP contribution in [0.1, 0.15) is 39.5 Å². The smallest absolute Gasteiger partial charge is 0.162 e. The maximum atomic E-state index is 11.7. The van der Waals surface area contributed by atoms with Crippen molar-refractivity contribution in [1.29, 1.82) is 0 Å². The predicted octanol–water partition coefficient (Wildman–Crippen LogP) is 2.93. The first-order valence-electron chi connectivity index (χ1n) is 5.54. The van der Waals surface area contributed by atoms with Gasteiger partial charge in [0.1, 0.15) is 5.76 Å². The third-order valence-electron chi connectivity index (χ3n) is 2.94. The van der Waals surface area contributed by atoms with Crippen molar-refractivity contribution in [2.24, 2.45) is 11.8 Å². The lowest BCUT2D eigenvalue weighted by molar-refractivity contribution is -0.118. The maximum Gasteiger partial charge on any atom is 0.162 e. The van der Waals surface area contributed by atoms with E-state index in [0.717, 1.165) is 31.4 Å². The number of carbonyl (C=O) groups excluding carboxylic acids is 1. The number of hydrogen-bond acceptors (Lipinski definition) is 2. The molecular formula is C12H20O2. The molecule has 0 saturated carbocycles. The van der Waals surface area contributed by atoms with Gasteiger partial charge in [-0.3, -0.25) is 4.79 Å². The first-order valence-corrected chi connectivity index (χ1v) is 5.54. The molecule has 1 aliphatic carbocycles. The van der Waals surface area contributed by atoms with E-state index in [0.29, 0.717) is 5.92 Å². The van der Waals surface area contributed by atoms with Gasteiger partial charge in [0, 0.05) is 17.9 Å². The summed E-state index contributed by atoms with van der Waals surface area (Å²) in [5.41, 5.74) is 0. The van der Waals surface area contributed by atoms with Gasteiger partial charge in [-0.05, 0) is 12.8 Å². The van der Waals surface area contributed by atoms with E-state index in [1.807, 2.05) is 0 Å².